The van der Waals surface area contributed by atoms with Crippen molar-refractivity contribution in [3.63, 3.8) is 0 Å². The van der Waals surface area contributed by atoms with Gasteiger partial charge in [0.25, 0.3) is 5.69 Å². The molecule has 21 heavy (non-hydrogen) atoms. The molecule has 7 heteroatoms. The van der Waals surface area contributed by atoms with Gasteiger partial charge in [0.2, 0.25) is 5.91 Å². The molecule has 0 radical (unpaired) electrons. The highest BCUT2D eigenvalue weighted by Crippen LogP contribution is 2.17. The Hall–Kier alpha value is -2.18. The maximum Gasteiger partial charge on any atom is 0.287 e. The molecule has 1 aliphatic heterocycles. The summed E-state index contributed by atoms with van der Waals surface area (Å²) in [5.41, 5.74) is -0.00618. The highest BCUT2D eigenvalue weighted by atomic mass is 16.6. The lowest BCUT2D eigenvalue weighted by molar-refractivity contribution is -0.385. The van der Waals surface area contributed by atoms with Crippen LogP contribution in [0, 0.1) is 10.1 Å². The van der Waals surface area contributed by atoms with Gasteiger partial charge in [-0.25, -0.2) is 4.98 Å². The van der Waals surface area contributed by atoms with Crippen LogP contribution in [0.5, 0.6) is 0 Å². The van der Waals surface area contributed by atoms with E-state index in [2.05, 4.69) is 9.88 Å². The van der Waals surface area contributed by atoms with Gasteiger partial charge in [0.15, 0.2) is 0 Å². The van der Waals surface area contributed by atoms with E-state index in [1.807, 2.05) is 11.8 Å². The number of aromatic nitrogens is 1. The molecule has 0 aliphatic carbocycles. The molecule has 1 aliphatic rings. The second kappa shape index (κ2) is 7.01. The Labute approximate surface area is 123 Å². The van der Waals surface area contributed by atoms with Crippen molar-refractivity contribution in [2.75, 3.05) is 31.1 Å². The zero-order chi connectivity index (χ0) is 15.2. The number of carbonyl (C=O) groups is 1. The van der Waals surface area contributed by atoms with Crippen molar-refractivity contribution in [3.05, 3.63) is 28.4 Å². The minimum absolute atomic E-state index is 0.00618. The van der Waals surface area contributed by atoms with Crippen LogP contribution in [0.15, 0.2) is 18.3 Å². The van der Waals surface area contributed by atoms with Gasteiger partial charge in [-0.05, 0) is 18.9 Å². The first-order valence-corrected chi connectivity index (χ1v) is 7.25. The van der Waals surface area contributed by atoms with Gasteiger partial charge in [-0.1, -0.05) is 6.92 Å². The van der Waals surface area contributed by atoms with Gasteiger partial charge in [-0.2, -0.15) is 0 Å². The Kier molecular flexibility index (Phi) is 5.08. The van der Waals surface area contributed by atoms with Gasteiger partial charge >= 0.3 is 0 Å². The predicted molar refractivity (Wildman–Crippen MR) is 79.2 cm³/mol. The molecule has 0 aromatic carbocycles. The van der Waals surface area contributed by atoms with E-state index >= 15 is 0 Å². The van der Waals surface area contributed by atoms with E-state index in [1.54, 1.807) is 6.07 Å². The smallest absolute Gasteiger partial charge is 0.287 e. The van der Waals surface area contributed by atoms with Crippen LogP contribution >= 0.6 is 0 Å². The van der Waals surface area contributed by atoms with Crippen LogP contribution in [0.1, 0.15) is 26.2 Å². The number of nitro groups is 1. The molecule has 0 bridgehead atoms. The van der Waals surface area contributed by atoms with Gasteiger partial charge in [0.05, 0.1) is 4.92 Å². The first-order chi connectivity index (χ1) is 10.1. The van der Waals surface area contributed by atoms with Crippen LogP contribution in [0.3, 0.4) is 0 Å². The minimum Gasteiger partial charge on any atom is -0.355 e. The maximum absolute atomic E-state index is 11.9. The summed E-state index contributed by atoms with van der Waals surface area (Å²) in [6, 6.07) is 3.13. The molecule has 1 fully saturated rings. The van der Waals surface area contributed by atoms with E-state index in [0.717, 1.165) is 31.7 Å². The summed E-state index contributed by atoms with van der Waals surface area (Å²) in [6.45, 7) is 4.96. The largest absolute Gasteiger partial charge is 0.355 e. The number of carbonyl (C=O) groups excluding carboxylic acids is 1. The van der Waals surface area contributed by atoms with Crippen molar-refractivity contribution < 1.29 is 9.72 Å². The Morgan fingerprint density at radius 3 is 2.76 bits per heavy atom. The topological polar surface area (TPSA) is 79.6 Å². The molecule has 0 saturated carbocycles. The molecule has 7 nitrogen and oxygen atoms in total. The number of anilines is 1. The first kappa shape index (κ1) is 15.2. The fourth-order valence-electron chi connectivity index (χ4n) is 2.44. The lowest BCUT2D eigenvalue weighted by Gasteiger charge is -2.22. The van der Waals surface area contributed by atoms with E-state index < -0.39 is 4.92 Å². The van der Waals surface area contributed by atoms with Crippen LogP contribution in [-0.2, 0) is 4.79 Å². The van der Waals surface area contributed by atoms with Gasteiger partial charge in [0, 0.05) is 38.7 Å². The number of rotatable bonds is 4. The van der Waals surface area contributed by atoms with Crippen molar-refractivity contribution in [1.82, 2.24) is 9.88 Å². The third-order valence-corrected chi connectivity index (χ3v) is 3.58. The molecule has 0 atom stereocenters. The summed E-state index contributed by atoms with van der Waals surface area (Å²) in [6.07, 6.45) is 3.62. The molecular formula is C14H20N4O3. The third kappa shape index (κ3) is 3.90. The molecule has 1 saturated heterocycles. The van der Waals surface area contributed by atoms with Gasteiger partial charge in [-0.3, -0.25) is 14.9 Å². The highest BCUT2D eigenvalue weighted by Gasteiger charge is 2.19. The van der Waals surface area contributed by atoms with Gasteiger partial charge < -0.3 is 9.80 Å². The second-order valence-corrected chi connectivity index (χ2v) is 5.10. The Morgan fingerprint density at radius 1 is 1.33 bits per heavy atom. The van der Waals surface area contributed by atoms with E-state index in [1.165, 1.54) is 12.3 Å². The fraction of sp³-hybridized carbons (Fsp3) is 0.571. The first-order valence-electron chi connectivity index (χ1n) is 7.25. The van der Waals surface area contributed by atoms with E-state index in [9.17, 15) is 14.9 Å². The molecule has 114 valence electrons. The molecular weight excluding hydrogens is 272 g/mol. The normalized spacial score (nSPS) is 15.7. The number of amides is 1. The Bertz CT molecular complexity index is 503. The average Bonchev–Trinajstić information content (AvgIpc) is 2.73. The average molecular weight is 292 g/mol. The standard InChI is InChI=1S/C14H20N4O3/c1-2-4-14(19)17-8-3-7-16(9-10-17)13-6-5-12(11-15-13)18(20)21/h5-6,11H,2-4,7-10H2,1H3. The molecule has 0 unspecified atom stereocenters. The second-order valence-electron chi connectivity index (χ2n) is 5.10. The van der Waals surface area contributed by atoms with Crippen molar-refractivity contribution in [1.29, 1.82) is 0 Å². The summed E-state index contributed by atoms with van der Waals surface area (Å²) in [5.74, 6) is 0.932. The zero-order valence-electron chi connectivity index (χ0n) is 12.2. The zero-order valence-corrected chi connectivity index (χ0v) is 12.2. The van der Waals surface area contributed by atoms with Crippen LogP contribution in [-0.4, -0.2) is 46.9 Å². The van der Waals surface area contributed by atoms with Crippen LogP contribution in [0.2, 0.25) is 0 Å². The lowest BCUT2D eigenvalue weighted by Crippen LogP contribution is -2.35. The summed E-state index contributed by atoms with van der Waals surface area (Å²) in [4.78, 5) is 30.2. The summed E-state index contributed by atoms with van der Waals surface area (Å²) in [5, 5.41) is 10.6. The van der Waals surface area contributed by atoms with Crippen LogP contribution < -0.4 is 4.90 Å². The maximum atomic E-state index is 11.9. The minimum atomic E-state index is -0.454. The third-order valence-electron chi connectivity index (χ3n) is 3.58. The Morgan fingerprint density at radius 2 is 2.14 bits per heavy atom. The van der Waals surface area contributed by atoms with Crippen LogP contribution in [0.25, 0.3) is 0 Å². The number of hydrogen-bond donors (Lipinski definition) is 0. The van der Waals surface area contributed by atoms with Gasteiger partial charge in [-0.15, -0.1) is 0 Å². The van der Waals surface area contributed by atoms with E-state index in [0.29, 0.717) is 19.5 Å². The summed E-state index contributed by atoms with van der Waals surface area (Å²) >= 11 is 0. The lowest BCUT2D eigenvalue weighted by atomic mass is 10.3. The molecule has 0 N–H and O–H groups in total. The fourth-order valence-corrected chi connectivity index (χ4v) is 2.44. The van der Waals surface area contributed by atoms with E-state index in [4.69, 9.17) is 0 Å². The van der Waals surface area contributed by atoms with Crippen molar-refractivity contribution in [2.24, 2.45) is 0 Å². The van der Waals surface area contributed by atoms with Crippen LogP contribution in [0.4, 0.5) is 11.5 Å². The molecule has 0 spiro atoms. The van der Waals surface area contributed by atoms with Crippen molar-refractivity contribution >= 4 is 17.4 Å². The highest BCUT2D eigenvalue weighted by molar-refractivity contribution is 5.76. The van der Waals surface area contributed by atoms with E-state index in [-0.39, 0.29) is 11.6 Å². The molecule has 1 amide bonds. The number of pyridine rings is 1. The molecule has 2 heterocycles. The summed E-state index contributed by atoms with van der Waals surface area (Å²) < 4.78 is 0. The SMILES string of the molecule is CCCC(=O)N1CCCN(c2ccc([N+](=O)[O-])cn2)CC1. The molecule has 1 aromatic heterocycles. The number of nitrogens with zero attached hydrogens (tertiary/aromatic N) is 4. The summed E-state index contributed by atoms with van der Waals surface area (Å²) in [7, 11) is 0. The predicted octanol–water partition coefficient (Wildman–Crippen LogP) is 1.83. The quantitative estimate of drug-likeness (QED) is 0.625. The Balaban J connectivity index is 1.99. The van der Waals surface area contributed by atoms with Crippen molar-refractivity contribution in [2.45, 2.75) is 26.2 Å². The van der Waals surface area contributed by atoms with Crippen molar-refractivity contribution in [3.8, 4) is 0 Å². The number of hydrogen-bond acceptors (Lipinski definition) is 5. The monoisotopic (exact) mass is 292 g/mol. The molecule has 2 rings (SSSR count). The van der Waals surface area contributed by atoms with Gasteiger partial charge in [0.1, 0.15) is 12.0 Å². The molecule has 1 aromatic rings.